The molecule has 1 aromatic rings. The second-order valence-corrected chi connectivity index (χ2v) is 5.13. The van der Waals surface area contributed by atoms with Gasteiger partial charge in [-0.2, -0.15) is 4.98 Å². The lowest BCUT2D eigenvalue weighted by molar-refractivity contribution is -0.0222. The van der Waals surface area contributed by atoms with E-state index in [1.54, 1.807) is 11.0 Å². The quantitative estimate of drug-likeness (QED) is 0.878. The Kier molecular flexibility index (Phi) is 2.60. The molecule has 3 rings (SSSR count). The van der Waals surface area contributed by atoms with Crippen LogP contribution in [0, 0.1) is 0 Å². The summed E-state index contributed by atoms with van der Waals surface area (Å²) in [7, 11) is 0. The predicted molar refractivity (Wildman–Crippen MR) is 64.8 cm³/mol. The second-order valence-electron chi connectivity index (χ2n) is 5.13. The van der Waals surface area contributed by atoms with Crippen LogP contribution in [0.5, 0.6) is 0 Å². The Labute approximate surface area is 104 Å². The van der Waals surface area contributed by atoms with E-state index in [1.165, 1.54) is 0 Å². The lowest BCUT2D eigenvalue weighted by atomic mass is 10.1. The van der Waals surface area contributed by atoms with Crippen LogP contribution < -0.4 is 10.6 Å². The Hall–Kier alpha value is -1.46. The highest BCUT2D eigenvalue weighted by molar-refractivity contribution is 5.42. The van der Waals surface area contributed by atoms with Crippen LogP contribution >= 0.6 is 0 Å². The van der Waals surface area contributed by atoms with Crippen LogP contribution in [0.1, 0.15) is 37.3 Å². The smallest absolute Gasteiger partial charge is 0.251 e. The molecular formula is C12H16F2N4. The first-order valence-electron chi connectivity index (χ1n) is 6.31. The Bertz CT molecular complexity index is 449. The van der Waals surface area contributed by atoms with Gasteiger partial charge in [0.05, 0.1) is 5.69 Å². The Morgan fingerprint density at radius 3 is 2.50 bits per heavy atom. The van der Waals surface area contributed by atoms with E-state index in [4.69, 9.17) is 5.73 Å². The third-order valence-corrected chi connectivity index (χ3v) is 3.53. The third-order valence-electron chi connectivity index (χ3n) is 3.53. The van der Waals surface area contributed by atoms with E-state index < -0.39 is 5.92 Å². The van der Waals surface area contributed by atoms with Gasteiger partial charge in [0.1, 0.15) is 5.82 Å². The summed E-state index contributed by atoms with van der Waals surface area (Å²) in [5.41, 5.74) is 6.71. The highest BCUT2D eigenvalue weighted by Gasteiger charge is 2.35. The summed E-state index contributed by atoms with van der Waals surface area (Å²) < 4.78 is 26.2. The molecule has 18 heavy (non-hydrogen) atoms. The minimum absolute atomic E-state index is 0.135. The largest absolute Gasteiger partial charge is 0.384 e. The van der Waals surface area contributed by atoms with Crippen LogP contribution in [0.3, 0.4) is 0 Å². The van der Waals surface area contributed by atoms with Crippen molar-refractivity contribution in [2.75, 3.05) is 23.7 Å². The van der Waals surface area contributed by atoms with Gasteiger partial charge >= 0.3 is 0 Å². The molecule has 98 valence electrons. The van der Waals surface area contributed by atoms with Crippen molar-refractivity contribution in [3.63, 3.8) is 0 Å². The molecule has 2 heterocycles. The van der Waals surface area contributed by atoms with Crippen molar-refractivity contribution in [2.45, 2.75) is 37.5 Å². The lowest BCUT2D eigenvalue weighted by Gasteiger charge is -2.31. The lowest BCUT2D eigenvalue weighted by Crippen LogP contribution is -2.40. The van der Waals surface area contributed by atoms with E-state index in [2.05, 4.69) is 9.97 Å². The van der Waals surface area contributed by atoms with Gasteiger partial charge in [-0.25, -0.2) is 13.8 Å². The number of nitrogens with zero attached hydrogens (tertiary/aromatic N) is 3. The van der Waals surface area contributed by atoms with Gasteiger partial charge in [-0.05, 0) is 12.8 Å². The predicted octanol–water partition coefficient (Wildman–Crippen LogP) is 2.17. The van der Waals surface area contributed by atoms with Crippen molar-refractivity contribution < 1.29 is 8.78 Å². The number of halogens is 2. The van der Waals surface area contributed by atoms with Crippen molar-refractivity contribution in [1.82, 2.24) is 9.97 Å². The zero-order valence-electron chi connectivity index (χ0n) is 10.1. The summed E-state index contributed by atoms with van der Waals surface area (Å²) in [5, 5.41) is 0. The summed E-state index contributed by atoms with van der Waals surface area (Å²) >= 11 is 0. The third kappa shape index (κ3) is 2.37. The Morgan fingerprint density at radius 2 is 1.89 bits per heavy atom. The van der Waals surface area contributed by atoms with Gasteiger partial charge in [0.25, 0.3) is 5.92 Å². The maximum atomic E-state index is 13.1. The fourth-order valence-corrected chi connectivity index (χ4v) is 2.24. The zero-order valence-corrected chi connectivity index (χ0v) is 10.1. The molecule has 4 nitrogen and oxygen atoms in total. The van der Waals surface area contributed by atoms with E-state index >= 15 is 0 Å². The number of nitrogens with two attached hydrogens (primary N) is 1. The number of piperidine rings is 1. The molecule has 2 N–H and O–H groups in total. The number of hydrogen-bond donors (Lipinski definition) is 1. The van der Waals surface area contributed by atoms with Crippen LogP contribution in [0.15, 0.2) is 6.07 Å². The van der Waals surface area contributed by atoms with Crippen molar-refractivity contribution in [3.05, 3.63) is 11.8 Å². The zero-order chi connectivity index (χ0) is 12.8. The van der Waals surface area contributed by atoms with Crippen LogP contribution in [0.4, 0.5) is 20.5 Å². The summed E-state index contributed by atoms with van der Waals surface area (Å²) in [6, 6.07) is 1.79. The van der Waals surface area contributed by atoms with Gasteiger partial charge in [-0.3, -0.25) is 0 Å². The van der Waals surface area contributed by atoms with Crippen molar-refractivity contribution in [2.24, 2.45) is 0 Å². The van der Waals surface area contributed by atoms with E-state index in [0.29, 0.717) is 30.8 Å². The summed E-state index contributed by atoms with van der Waals surface area (Å²) in [6.07, 6.45) is 2.00. The van der Waals surface area contributed by atoms with Crippen molar-refractivity contribution >= 4 is 11.8 Å². The van der Waals surface area contributed by atoms with E-state index in [-0.39, 0.29) is 12.8 Å². The topological polar surface area (TPSA) is 55.0 Å². The molecule has 6 heteroatoms. The monoisotopic (exact) mass is 254 g/mol. The number of rotatable bonds is 2. The van der Waals surface area contributed by atoms with Crippen LogP contribution in [0.2, 0.25) is 0 Å². The molecule has 1 aromatic heterocycles. The fraction of sp³-hybridized carbons (Fsp3) is 0.667. The summed E-state index contributed by atoms with van der Waals surface area (Å²) in [4.78, 5) is 10.4. The second kappa shape index (κ2) is 4.03. The Morgan fingerprint density at radius 1 is 1.22 bits per heavy atom. The molecule has 0 amide bonds. The number of aromatic nitrogens is 2. The van der Waals surface area contributed by atoms with Gasteiger partial charge in [0.15, 0.2) is 0 Å². The van der Waals surface area contributed by atoms with Crippen molar-refractivity contribution in [3.8, 4) is 0 Å². The molecule has 1 aliphatic carbocycles. The molecule has 2 aliphatic rings. The number of anilines is 2. The maximum Gasteiger partial charge on any atom is 0.251 e. The highest BCUT2D eigenvalue weighted by Crippen LogP contribution is 2.40. The molecular weight excluding hydrogens is 238 g/mol. The molecule has 1 saturated carbocycles. The molecule has 0 unspecified atom stereocenters. The van der Waals surface area contributed by atoms with E-state index in [1.807, 2.05) is 0 Å². The molecule has 0 bridgehead atoms. The van der Waals surface area contributed by atoms with E-state index in [0.717, 1.165) is 18.5 Å². The molecule has 0 radical (unpaired) electrons. The first-order chi connectivity index (χ1) is 8.53. The average molecular weight is 254 g/mol. The standard InChI is InChI=1S/C12H16F2N4/c13-12(14)3-5-18(6-4-12)11-16-9(8-1-2-8)7-10(15)17-11/h7-8H,1-6H2,(H2,15,16,17). The van der Waals surface area contributed by atoms with Crippen LogP contribution in [-0.4, -0.2) is 29.0 Å². The molecule has 2 fully saturated rings. The SMILES string of the molecule is Nc1cc(C2CC2)nc(N2CCC(F)(F)CC2)n1. The molecule has 0 atom stereocenters. The Balaban J connectivity index is 1.79. The fourth-order valence-electron chi connectivity index (χ4n) is 2.24. The molecule has 0 aromatic carbocycles. The molecule has 1 aliphatic heterocycles. The number of alkyl halides is 2. The maximum absolute atomic E-state index is 13.1. The van der Waals surface area contributed by atoms with Crippen molar-refractivity contribution in [1.29, 1.82) is 0 Å². The normalized spacial score (nSPS) is 23.1. The number of hydrogen-bond acceptors (Lipinski definition) is 4. The van der Waals surface area contributed by atoms with E-state index in [9.17, 15) is 8.78 Å². The van der Waals surface area contributed by atoms with Gasteiger partial charge in [0, 0.05) is 37.9 Å². The summed E-state index contributed by atoms with van der Waals surface area (Å²) in [6.45, 7) is 0.584. The van der Waals surface area contributed by atoms with Gasteiger partial charge in [-0.15, -0.1) is 0 Å². The minimum Gasteiger partial charge on any atom is -0.384 e. The first-order valence-corrected chi connectivity index (χ1v) is 6.31. The first kappa shape index (κ1) is 11.6. The van der Waals surface area contributed by atoms with Gasteiger partial charge in [-0.1, -0.05) is 0 Å². The van der Waals surface area contributed by atoms with Crippen LogP contribution in [-0.2, 0) is 0 Å². The highest BCUT2D eigenvalue weighted by atomic mass is 19.3. The molecule has 0 spiro atoms. The number of nitrogen functional groups attached to an aromatic ring is 1. The van der Waals surface area contributed by atoms with Gasteiger partial charge in [0.2, 0.25) is 5.95 Å². The minimum atomic E-state index is -2.55. The van der Waals surface area contributed by atoms with Crippen LogP contribution in [0.25, 0.3) is 0 Å². The molecule has 1 saturated heterocycles. The van der Waals surface area contributed by atoms with Gasteiger partial charge < -0.3 is 10.6 Å². The summed E-state index contributed by atoms with van der Waals surface area (Å²) in [5.74, 6) is -1.12. The average Bonchev–Trinajstić information content (AvgIpc) is 3.11.